The highest BCUT2D eigenvalue weighted by Gasteiger charge is 2.90. The summed E-state index contributed by atoms with van der Waals surface area (Å²) >= 11 is 0. The first-order valence-electron chi connectivity index (χ1n) is 6.81. The molecule has 1 atom stereocenters. The molecule has 162 valence electrons. The van der Waals surface area contributed by atoms with Crippen molar-refractivity contribution in [2.45, 2.75) is 67.9 Å². The molecule has 0 N–H and O–H groups in total. The van der Waals surface area contributed by atoms with E-state index in [2.05, 4.69) is 9.47 Å². The molecule has 0 radical (unpaired) electrons. The second-order valence-electron chi connectivity index (χ2n) is 6.15. The second kappa shape index (κ2) is 6.26. The zero-order valence-electron chi connectivity index (χ0n) is 13.2. The van der Waals surface area contributed by atoms with Gasteiger partial charge in [0.1, 0.15) is 0 Å². The molecule has 1 heterocycles. The summed E-state index contributed by atoms with van der Waals surface area (Å²) < 4.78 is 177. The fourth-order valence-corrected chi connectivity index (χ4v) is 2.08. The molecule has 2 nitrogen and oxygen atoms in total. The summed E-state index contributed by atoms with van der Waals surface area (Å²) in [6.07, 6.45) is -11.9. The first kappa shape index (κ1) is 24.0. The van der Waals surface area contributed by atoms with E-state index >= 15 is 0 Å². The van der Waals surface area contributed by atoms with Crippen LogP contribution in [0, 0.1) is 0 Å². The summed E-state index contributed by atoms with van der Waals surface area (Å²) in [6, 6.07) is 0. The van der Waals surface area contributed by atoms with Crippen molar-refractivity contribution in [3.05, 3.63) is 0 Å². The van der Waals surface area contributed by atoms with Gasteiger partial charge in [0.25, 0.3) is 0 Å². The van der Waals surface area contributed by atoms with E-state index in [0.717, 1.165) is 13.8 Å². The van der Waals surface area contributed by atoms with E-state index in [9.17, 15) is 57.1 Å². The molecule has 0 aliphatic carbocycles. The van der Waals surface area contributed by atoms with Crippen LogP contribution in [0.5, 0.6) is 0 Å². The van der Waals surface area contributed by atoms with Crippen molar-refractivity contribution in [1.82, 2.24) is 0 Å². The smallest absolute Gasteiger partial charge is 0.348 e. The van der Waals surface area contributed by atoms with E-state index in [1.807, 2.05) is 0 Å². The molecule has 0 aromatic carbocycles. The fourth-order valence-electron chi connectivity index (χ4n) is 2.08. The summed E-state index contributed by atoms with van der Waals surface area (Å²) in [5.74, 6) is -38.5. The van der Waals surface area contributed by atoms with Gasteiger partial charge in [-0.3, -0.25) is 0 Å². The number of halogens is 13. The van der Waals surface area contributed by atoms with Crippen LogP contribution in [0.4, 0.5) is 57.1 Å². The highest BCUT2D eigenvalue weighted by atomic mass is 19.4. The summed E-state index contributed by atoms with van der Waals surface area (Å²) in [5, 5.41) is 0. The number of hydrogen-bond donors (Lipinski definition) is 0. The van der Waals surface area contributed by atoms with Crippen LogP contribution in [0.15, 0.2) is 0 Å². The van der Waals surface area contributed by atoms with Gasteiger partial charge in [-0.05, 0) is 13.8 Å². The summed E-state index contributed by atoms with van der Waals surface area (Å²) in [6.45, 7) is 1.31. The Morgan fingerprint density at radius 1 is 0.704 bits per heavy atom. The lowest BCUT2D eigenvalue weighted by atomic mass is 9.91. The average molecular weight is 434 g/mol. The average Bonchev–Trinajstić information content (AvgIpc) is 2.74. The SMILES string of the molecule is CC1(C)OCC(CC(F)(F)C(F)(F)C(F)(F)C(F)(F)C(F)(F)C(F)(F)F)O1. The fraction of sp³-hybridized carbons (Fsp3) is 1.00. The predicted octanol–water partition coefficient (Wildman–Crippen LogP) is 5.27. The van der Waals surface area contributed by atoms with E-state index in [-0.39, 0.29) is 0 Å². The molecule has 1 rings (SSSR count). The molecule has 0 bridgehead atoms. The summed E-state index contributed by atoms with van der Waals surface area (Å²) in [4.78, 5) is 0. The van der Waals surface area contributed by atoms with Crippen LogP contribution in [0.25, 0.3) is 0 Å². The van der Waals surface area contributed by atoms with Crippen molar-refractivity contribution in [3.8, 4) is 0 Å². The third kappa shape index (κ3) is 3.68. The van der Waals surface area contributed by atoms with Gasteiger partial charge in [0.2, 0.25) is 0 Å². The Bertz CT molecular complexity index is 552. The Balaban J connectivity index is 3.25. The van der Waals surface area contributed by atoms with Crippen molar-refractivity contribution >= 4 is 0 Å². The normalized spacial score (nSPS) is 23.0. The third-order valence-electron chi connectivity index (χ3n) is 3.55. The molecule has 27 heavy (non-hydrogen) atoms. The first-order valence-corrected chi connectivity index (χ1v) is 6.81. The topological polar surface area (TPSA) is 18.5 Å². The summed E-state index contributed by atoms with van der Waals surface area (Å²) in [5.41, 5.74) is 0. The van der Waals surface area contributed by atoms with Gasteiger partial charge in [0.15, 0.2) is 5.79 Å². The Kier molecular flexibility index (Phi) is 5.57. The lowest BCUT2D eigenvalue weighted by molar-refractivity contribution is -0.440. The van der Waals surface area contributed by atoms with Gasteiger partial charge in [-0.25, -0.2) is 0 Å². The molecule has 1 aliphatic heterocycles. The van der Waals surface area contributed by atoms with E-state index < -0.39 is 60.7 Å². The van der Waals surface area contributed by atoms with Gasteiger partial charge in [-0.15, -0.1) is 0 Å². The monoisotopic (exact) mass is 434 g/mol. The maximum absolute atomic E-state index is 13.6. The largest absolute Gasteiger partial charge is 0.460 e. The van der Waals surface area contributed by atoms with Gasteiger partial charge >= 0.3 is 35.8 Å². The van der Waals surface area contributed by atoms with Crippen LogP contribution in [0.1, 0.15) is 20.3 Å². The van der Waals surface area contributed by atoms with Gasteiger partial charge in [0.05, 0.1) is 12.7 Å². The zero-order valence-corrected chi connectivity index (χ0v) is 13.2. The third-order valence-corrected chi connectivity index (χ3v) is 3.55. The van der Waals surface area contributed by atoms with Crippen molar-refractivity contribution in [3.63, 3.8) is 0 Å². The molecule has 1 saturated heterocycles. The van der Waals surface area contributed by atoms with Crippen molar-refractivity contribution < 1.29 is 66.5 Å². The number of rotatable bonds is 6. The van der Waals surface area contributed by atoms with Crippen molar-refractivity contribution in [2.75, 3.05) is 6.61 Å². The Morgan fingerprint density at radius 3 is 1.44 bits per heavy atom. The Morgan fingerprint density at radius 2 is 1.11 bits per heavy atom. The first-order chi connectivity index (χ1) is 11.5. The molecule has 0 aromatic heterocycles. The molecule has 0 amide bonds. The predicted molar refractivity (Wildman–Crippen MR) is 60.3 cm³/mol. The zero-order chi connectivity index (χ0) is 21.9. The van der Waals surface area contributed by atoms with Gasteiger partial charge in [-0.2, -0.15) is 57.1 Å². The van der Waals surface area contributed by atoms with Gasteiger partial charge in [0, 0.05) is 6.42 Å². The number of alkyl halides is 13. The highest BCUT2D eigenvalue weighted by molar-refractivity contribution is 5.10. The van der Waals surface area contributed by atoms with E-state index in [0.29, 0.717) is 0 Å². The quantitative estimate of drug-likeness (QED) is 0.531. The molecule has 0 saturated carbocycles. The Labute approximate surface area is 142 Å². The van der Waals surface area contributed by atoms with Crippen LogP contribution < -0.4 is 0 Å². The molecule has 1 unspecified atom stereocenters. The molecule has 0 spiro atoms. The highest BCUT2D eigenvalue weighted by Crippen LogP contribution is 2.60. The minimum atomic E-state index is -7.89. The van der Waals surface area contributed by atoms with Crippen LogP contribution >= 0.6 is 0 Å². The molecule has 15 heteroatoms. The Hall–Kier alpha value is -0.990. The minimum Gasteiger partial charge on any atom is -0.348 e. The van der Waals surface area contributed by atoms with E-state index in [1.54, 1.807) is 0 Å². The second-order valence-corrected chi connectivity index (χ2v) is 6.15. The molecule has 0 aromatic rings. The molecule has 1 aliphatic rings. The summed E-state index contributed by atoms with van der Waals surface area (Å²) in [7, 11) is 0. The maximum atomic E-state index is 13.6. The maximum Gasteiger partial charge on any atom is 0.460 e. The van der Waals surface area contributed by atoms with Crippen LogP contribution in [-0.2, 0) is 9.47 Å². The standard InChI is InChI=1S/C12H11F13O2/c1-6(2)26-4-5(27-6)3-7(13,14)8(15,16)9(17,18)10(19,20)11(21,22)12(23,24)25/h5H,3-4H2,1-2H3. The van der Waals surface area contributed by atoms with Crippen LogP contribution in [-0.4, -0.2) is 54.3 Å². The molecular formula is C12H11F13O2. The van der Waals surface area contributed by atoms with Crippen LogP contribution in [0.3, 0.4) is 0 Å². The van der Waals surface area contributed by atoms with Crippen LogP contribution in [0.2, 0.25) is 0 Å². The lowest BCUT2D eigenvalue weighted by Crippen LogP contribution is -2.70. The van der Waals surface area contributed by atoms with Gasteiger partial charge in [-0.1, -0.05) is 0 Å². The lowest BCUT2D eigenvalue weighted by Gasteiger charge is -2.40. The van der Waals surface area contributed by atoms with Gasteiger partial charge < -0.3 is 9.47 Å². The van der Waals surface area contributed by atoms with Crippen molar-refractivity contribution in [2.24, 2.45) is 0 Å². The minimum absolute atomic E-state index is 0.876. The molecule has 1 fully saturated rings. The number of hydrogen-bond acceptors (Lipinski definition) is 2. The molecular weight excluding hydrogens is 423 g/mol. The van der Waals surface area contributed by atoms with E-state index in [1.165, 1.54) is 0 Å². The van der Waals surface area contributed by atoms with Crippen molar-refractivity contribution in [1.29, 1.82) is 0 Å². The number of ether oxygens (including phenoxy) is 2. The van der Waals surface area contributed by atoms with E-state index in [4.69, 9.17) is 0 Å².